The molecule has 1 aliphatic rings. The van der Waals surface area contributed by atoms with Gasteiger partial charge in [0.25, 0.3) is 0 Å². The maximum atomic E-state index is 11.6. The zero-order chi connectivity index (χ0) is 14.0. The van der Waals surface area contributed by atoms with Crippen molar-refractivity contribution in [1.29, 1.82) is 0 Å². The molecule has 0 spiro atoms. The van der Waals surface area contributed by atoms with Crippen LogP contribution in [-0.2, 0) is 18.9 Å². The summed E-state index contributed by atoms with van der Waals surface area (Å²) < 4.78 is 10.7. The molecule has 0 radical (unpaired) electrons. The van der Waals surface area contributed by atoms with E-state index in [1.165, 1.54) is 11.8 Å². The number of nitrogens with zero attached hydrogens (tertiary/aromatic N) is 1. The van der Waals surface area contributed by atoms with Crippen molar-refractivity contribution in [3.63, 3.8) is 0 Å². The van der Waals surface area contributed by atoms with Crippen LogP contribution in [0.15, 0.2) is 12.1 Å². The van der Waals surface area contributed by atoms with Crippen LogP contribution in [0, 0.1) is 0 Å². The van der Waals surface area contributed by atoms with Crippen LogP contribution < -0.4 is 4.78 Å². The van der Waals surface area contributed by atoms with Crippen molar-refractivity contribution >= 4 is 41.0 Å². The summed E-state index contributed by atoms with van der Waals surface area (Å²) in [6.07, 6.45) is 0. The molecule has 2 heterocycles. The summed E-state index contributed by atoms with van der Waals surface area (Å²) in [7, 11) is 0.564. The van der Waals surface area contributed by atoms with E-state index in [0.717, 1.165) is 11.3 Å². The highest BCUT2D eigenvalue weighted by atomic mass is 32.1. The highest BCUT2D eigenvalue weighted by Gasteiger charge is 2.35. The van der Waals surface area contributed by atoms with Crippen molar-refractivity contribution in [1.82, 2.24) is 4.90 Å². The predicted octanol–water partition coefficient (Wildman–Crippen LogP) is -0.322. The van der Waals surface area contributed by atoms with E-state index < -0.39 is 19.1 Å². The number of Topliss-reactive ketones (excluding diaryl/α,β-unsaturated/α-hetero) is 1. The first kappa shape index (κ1) is 13.8. The molecule has 1 aliphatic heterocycles. The smallest absolute Gasteiger partial charge is 0.494 e. The fourth-order valence-corrected chi connectivity index (χ4v) is 2.48. The molecular formula is C11H12BNO5S. The minimum atomic E-state index is -1.06. The van der Waals surface area contributed by atoms with Gasteiger partial charge in [0.05, 0.1) is 22.7 Å². The van der Waals surface area contributed by atoms with Gasteiger partial charge in [-0.3, -0.25) is 19.3 Å². The number of carbonyl (C=O) groups excluding carboxylic acids is 3. The summed E-state index contributed by atoms with van der Waals surface area (Å²) in [4.78, 5) is 36.4. The highest BCUT2D eigenvalue weighted by Crippen LogP contribution is 2.11. The van der Waals surface area contributed by atoms with E-state index in [4.69, 9.17) is 9.31 Å². The quantitative estimate of drug-likeness (QED) is 0.546. The molecule has 0 N–H and O–H groups in total. The predicted molar refractivity (Wildman–Crippen MR) is 69.4 cm³/mol. The normalized spacial score (nSPS) is 17.5. The number of thiophene rings is 1. The van der Waals surface area contributed by atoms with Gasteiger partial charge in [-0.2, -0.15) is 0 Å². The monoisotopic (exact) mass is 281 g/mol. The Kier molecular flexibility index (Phi) is 4.01. The first-order valence-corrected chi connectivity index (χ1v) is 6.45. The Morgan fingerprint density at radius 1 is 1.26 bits per heavy atom. The average molecular weight is 281 g/mol. The summed E-state index contributed by atoms with van der Waals surface area (Å²) in [5.41, 5.74) is 0. The topological polar surface area (TPSA) is 72.9 Å². The third-order valence-corrected chi connectivity index (χ3v) is 3.69. The Bertz CT molecular complexity index is 509. The van der Waals surface area contributed by atoms with Gasteiger partial charge in [-0.15, -0.1) is 11.3 Å². The maximum Gasteiger partial charge on any atom is 0.647 e. The molecule has 0 aromatic carbocycles. The van der Waals surface area contributed by atoms with Gasteiger partial charge in [0.2, 0.25) is 0 Å². The first-order chi connectivity index (χ1) is 8.95. The Morgan fingerprint density at radius 2 is 1.84 bits per heavy atom. The van der Waals surface area contributed by atoms with Gasteiger partial charge in [0, 0.05) is 0 Å². The molecule has 0 aliphatic carbocycles. The summed E-state index contributed by atoms with van der Waals surface area (Å²) >= 11 is 1.15. The van der Waals surface area contributed by atoms with E-state index in [0.29, 0.717) is 9.65 Å². The van der Waals surface area contributed by atoms with E-state index in [9.17, 15) is 14.4 Å². The van der Waals surface area contributed by atoms with Crippen LogP contribution >= 0.6 is 11.3 Å². The van der Waals surface area contributed by atoms with Gasteiger partial charge in [0.1, 0.15) is 0 Å². The van der Waals surface area contributed by atoms with E-state index in [1.54, 1.807) is 19.2 Å². The van der Waals surface area contributed by atoms with Crippen LogP contribution in [-0.4, -0.2) is 49.9 Å². The van der Waals surface area contributed by atoms with Crippen LogP contribution in [0.5, 0.6) is 0 Å². The maximum absolute atomic E-state index is 11.6. The molecule has 2 rings (SSSR count). The van der Waals surface area contributed by atoms with Crippen molar-refractivity contribution in [2.75, 3.05) is 20.1 Å². The van der Waals surface area contributed by atoms with E-state index in [-0.39, 0.29) is 18.9 Å². The van der Waals surface area contributed by atoms with Crippen molar-refractivity contribution in [2.45, 2.75) is 6.92 Å². The number of hydrogen-bond acceptors (Lipinski definition) is 7. The molecule has 6 nitrogen and oxygen atoms in total. The zero-order valence-corrected chi connectivity index (χ0v) is 11.4. The highest BCUT2D eigenvalue weighted by molar-refractivity contribution is 7.24. The van der Waals surface area contributed by atoms with Gasteiger partial charge >= 0.3 is 19.1 Å². The molecule has 0 unspecified atom stereocenters. The van der Waals surface area contributed by atoms with Crippen LogP contribution in [0.25, 0.3) is 0 Å². The lowest BCUT2D eigenvalue weighted by Crippen LogP contribution is -2.47. The van der Waals surface area contributed by atoms with Crippen LogP contribution in [0.1, 0.15) is 16.6 Å². The van der Waals surface area contributed by atoms with Crippen molar-refractivity contribution in [3.8, 4) is 0 Å². The van der Waals surface area contributed by atoms with Crippen LogP contribution in [0.2, 0.25) is 0 Å². The van der Waals surface area contributed by atoms with Gasteiger partial charge < -0.3 is 9.31 Å². The summed E-state index contributed by atoms with van der Waals surface area (Å²) in [6, 6.07) is 3.24. The molecule has 0 atom stereocenters. The second kappa shape index (κ2) is 5.54. The lowest BCUT2D eigenvalue weighted by atomic mass is 9.87. The molecule has 19 heavy (non-hydrogen) atoms. The van der Waals surface area contributed by atoms with Crippen molar-refractivity contribution in [2.24, 2.45) is 0 Å². The second-order valence-corrected chi connectivity index (χ2v) is 5.36. The number of hydrogen-bond donors (Lipinski definition) is 0. The third kappa shape index (κ3) is 3.42. The molecule has 100 valence electrons. The molecule has 0 saturated carbocycles. The number of ketones is 1. The summed E-state index contributed by atoms with van der Waals surface area (Å²) in [5.74, 6) is -1.03. The minimum Gasteiger partial charge on any atom is -0.494 e. The summed E-state index contributed by atoms with van der Waals surface area (Å²) in [6.45, 7) is 1.49. The molecule has 1 saturated heterocycles. The molecule has 1 aromatic rings. The van der Waals surface area contributed by atoms with Crippen LogP contribution in [0.3, 0.4) is 0 Å². The molecule has 1 fully saturated rings. The Morgan fingerprint density at radius 3 is 2.32 bits per heavy atom. The zero-order valence-electron chi connectivity index (χ0n) is 10.5. The molecule has 8 heteroatoms. The van der Waals surface area contributed by atoms with Crippen molar-refractivity contribution in [3.05, 3.63) is 17.0 Å². The molecule has 0 amide bonds. The SMILES string of the molecule is CC(=O)c1ccc(B2OC(=O)CN(C)CC(=O)O2)s1. The van der Waals surface area contributed by atoms with Gasteiger partial charge in [-0.1, -0.05) is 0 Å². The first-order valence-electron chi connectivity index (χ1n) is 5.64. The molecular weight excluding hydrogens is 269 g/mol. The minimum absolute atomic E-state index is 0.0243. The lowest BCUT2D eigenvalue weighted by molar-refractivity contribution is -0.145. The Hall–Kier alpha value is -1.67. The fourth-order valence-electron chi connectivity index (χ4n) is 1.62. The second-order valence-electron chi connectivity index (χ2n) is 4.24. The van der Waals surface area contributed by atoms with E-state index >= 15 is 0 Å². The largest absolute Gasteiger partial charge is 0.647 e. The number of likely N-dealkylation sites (N-methyl/N-ethyl adjacent to an activating group) is 1. The third-order valence-electron chi connectivity index (χ3n) is 2.48. The fraction of sp³-hybridized carbons (Fsp3) is 0.364. The number of rotatable bonds is 2. The van der Waals surface area contributed by atoms with Gasteiger partial charge in [-0.25, -0.2) is 0 Å². The number of carbonyl (C=O) groups is 3. The molecule has 0 bridgehead atoms. The van der Waals surface area contributed by atoms with Gasteiger partial charge in [0.15, 0.2) is 5.78 Å². The average Bonchev–Trinajstić information content (AvgIpc) is 2.74. The van der Waals surface area contributed by atoms with Gasteiger partial charge in [-0.05, 0) is 26.1 Å². The van der Waals surface area contributed by atoms with E-state index in [2.05, 4.69) is 0 Å². The standard InChI is InChI=1S/C11H12BNO5S/c1-7(14)8-3-4-9(19-8)12-17-10(15)5-13(2)6-11(16)18-12/h3-4H,5-6H2,1-2H3. The van der Waals surface area contributed by atoms with Crippen LogP contribution in [0.4, 0.5) is 0 Å². The molecule has 1 aromatic heterocycles. The lowest BCUT2D eigenvalue weighted by Gasteiger charge is -2.21. The summed E-state index contributed by atoms with van der Waals surface area (Å²) in [5, 5.41) is 0. The van der Waals surface area contributed by atoms with E-state index in [1.807, 2.05) is 0 Å². The Labute approximate surface area is 114 Å². The van der Waals surface area contributed by atoms with Crippen molar-refractivity contribution < 1.29 is 23.7 Å². The Balaban J connectivity index is 2.18.